The topological polar surface area (TPSA) is 112 Å². The van der Waals surface area contributed by atoms with Crippen molar-refractivity contribution >= 4 is 17.9 Å². The van der Waals surface area contributed by atoms with Crippen LogP contribution in [-0.2, 0) is 14.4 Å². The second-order valence-electron chi connectivity index (χ2n) is 14.4. The Hall–Kier alpha value is -1.89. The lowest BCUT2D eigenvalue weighted by atomic mass is 10.0. The molecule has 0 rings (SSSR count). The zero-order valence-electron chi connectivity index (χ0n) is 30.5. The maximum atomic E-state index is 11.5. The lowest BCUT2D eigenvalue weighted by molar-refractivity contribution is -0.929. The van der Waals surface area contributed by atoms with Gasteiger partial charge in [0.2, 0.25) is 0 Å². The largest absolute Gasteiger partial charge is 0.481 e. The van der Waals surface area contributed by atoms with Crippen molar-refractivity contribution in [2.45, 2.75) is 175 Å². The number of unbranched alkanes of at least 4 members (excludes halogenated alkanes) is 18. The van der Waals surface area contributed by atoms with Crippen LogP contribution in [-0.4, -0.2) is 63.9 Å². The Morgan fingerprint density at radius 1 is 0.457 bits per heavy atom. The number of allylic oxidation sites excluding steroid dienone is 2. The van der Waals surface area contributed by atoms with Crippen LogP contribution in [0.5, 0.6) is 0 Å². The molecule has 0 aliphatic carbocycles. The van der Waals surface area contributed by atoms with Gasteiger partial charge in [0, 0.05) is 19.3 Å². The molecule has 0 aliphatic heterocycles. The third-order valence-electron chi connectivity index (χ3n) is 10.0. The molecule has 7 nitrogen and oxygen atoms in total. The number of carboxylic acid groups (broad SMARTS) is 3. The molecule has 0 heterocycles. The lowest BCUT2D eigenvalue weighted by Crippen LogP contribution is -2.52. The number of hydrogen-bond acceptors (Lipinski definition) is 3. The molecule has 7 heteroatoms. The van der Waals surface area contributed by atoms with Crippen molar-refractivity contribution in [3.05, 3.63) is 12.2 Å². The molecule has 0 bridgehead atoms. The first-order valence-corrected chi connectivity index (χ1v) is 19.2. The van der Waals surface area contributed by atoms with Gasteiger partial charge in [0.05, 0.1) is 43.9 Å². The average Bonchev–Trinajstić information content (AvgIpc) is 3.03. The van der Waals surface area contributed by atoms with E-state index in [4.69, 9.17) is 0 Å². The molecule has 0 aliphatic rings. The number of carbonyl (C=O) groups is 3. The highest BCUT2D eigenvalue weighted by molar-refractivity contribution is 5.70. The SMILES string of the molecule is CCCCCCCC/C=C/CCCCCCCCCCCCCC[N+](CCC(C)C(=O)O)(CCC(C)C(=O)O)CCC(C)C(=O)O. The maximum absolute atomic E-state index is 11.5. The van der Waals surface area contributed by atoms with E-state index < -0.39 is 35.7 Å². The van der Waals surface area contributed by atoms with Crippen molar-refractivity contribution in [2.24, 2.45) is 17.8 Å². The van der Waals surface area contributed by atoms with Gasteiger partial charge in [-0.15, -0.1) is 0 Å². The number of nitrogens with zero attached hydrogens (tertiary/aromatic N) is 1. The number of quaternary nitrogens is 1. The molecule has 0 spiro atoms. The van der Waals surface area contributed by atoms with Crippen molar-refractivity contribution in [1.29, 1.82) is 0 Å². The molecule has 0 amide bonds. The summed E-state index contributed by atoms with van der Waals surface area (Å²) >= 11 is 0. The Labute approximate surface area is 283 Å². The Balaban J connectivity index is 4.29. The van der Waals surface area contributed by atoms with Gasteiger partial charge in [0.1, 0.15) is 0 Å². The molecule has 270 valence electrons. The Morgan fingerprint density at radius 3 is 1.04 bits per heavy atom. The molecule has 0 fully saturated rings. The predicted octanol–water partition coefficient (Wildman–Crippen LogP) is 10.5. The van der Waals surface area contributed by atoms with Gasteiger partial charge in [-0.2, -0.15) is 0 Å². The molecule has 46 heavy (non-hydrogen) atoms. The first-order chi connectivity index (χ1) is 22.0. The van der Waals surface area contributed by atoms with Gasteiger partial charge < -0.3 is 19.8 Å². The minimum Gasteiger partial charge on any atom is -0.481 e. The molecule has 0 aromatic rings. The zero-order valence-corrected chi connectivity index (χ0v) is 30.5. The minimum atomic E-state index is -0.822. The smallest absolute Gasteiger partial charge is 0.306 e. The van der Waals surface area contributed by atoms with E-state index in [1.807, 2.05) is 0 Å². The van der Waals surface area contributed by atoms with E-state index in [0.717, 1.165) is 19.4 Å². The summed E-state index contributed by atoms with van der Waals surface area (Å²) in [5.74, 6) is -3.90. The van der Waals surface area contributed by atoms with Gasteiger partial charge >= 0.3 is 17.9 Å². The fourth-order valence-corrected chi connectivity index (χ4v) is 6.20. The fourth-order valence-electron chi connectivity index (χ4n) is 6.20. The first-order valence-electron chi connectivity index (χ1n) is 19.2. The molecule has 3 N–H and O–H groups in total. The van der Waals surface area contributed by atoms with Crippen LogP contribution in [0, 0.1) is 17.8 Å². The second-order valence-corrected chi connectivity index (χ2v) is 14.4. The third-order valence-corrected chi connectivity index (χ3v) is 10.0. The minimum absolute atomic E-state index is 0.479. The van der Waals surface area contributed by atoms with Gasteiger partial charge in [0.15, 0.2) is 0 Å². The summed E-state index contributed by atoms with van der Waals surface area (Å²) in [6.45, 7) is 10.2. The van der Waals surface area contributed by atoms with Crippen molar-refractivity contribution < 1.29 is 34.2 Å². The average molecular weight is 653 g/mol. The number of rotatable bonds is 34. The van der Waals surface area contributed by atoms with Gasteiger partial charge in [-0.3, -0.25) is 14.4 Å². The van der Waals surface area contributed by atoms with E-state index in [0.29, 0.717) is 43.4 Å². The van der Waals surface area contributed by atoms with Crippen LogP contribution in [0.1, 0.15) is 175 Å². The second kappa shape index (κ2) is 29.3. The van der Waals surface area contributed by atoms with Crippen molar-refractivity contribution in [1.82, 2.24) is 0 Å². The van der Waals surface area contributed by atoms with Crippen molar-refractivity contribution in [3.8, 4) is 0 Å². The molecular weight excluding hydrogens is 578 g/mol. The van der Waals surface area contributed by atoms with Crippen LogP contribution in [0.15, 0.2) is 12.2 Å². The van der Waals surface area contributed by atoms with E-state index in [-0.39, 0.29) is 0 Å². The van der Waals surface area contributed by atoms with Gasteiger partial charge in [0.25, 0.3) is 0 Å². The monoisotopic (exact) mass is 653 g/mol. The predicted molar refractivity (Wildman–Crippen MR) is 191 cm³/mol. The summed E-state index contributed by atoms with van der Waals surface area (Å²) < 4.78 is 0.613. The molecule has 0 radical (unpaired) electrons. The standard InChI is InChI=1S/C39H73NO6/c1-5-6-7-8-9-10-11-12-13-14-15-16-17-18-19-20-21-22-23-24-25-26-30-40(31-27-34(2)37(41)42,32-28-35(3)38(43)44)33-29-36(4)39(45)46/h12-13,34-36H,5-11,14-33H2,1-4H3,(H2-,41,42,43,44,45,46)/p+1/b13-12+. The Bertz CT molecular complexity index is 738. The Morgan fingerprint density at radius 2 is 0.739 bits per heavy atom. The molecule has 0 saturated carbocycles. The van der Waals surface area contributed by atoms with Crippen molar-refractivity contribution in [3.63, 3.8) is 0 Å². The van der Waals surface area contributed by atoms with E-state index >= 15 is 0 Å². The van der Waals surface area contributed by atoms with Crippen LogP contribution in [0.4, 0.5) is 0 Å². The number of hydrogen-bond donors (Lipinski definition) is 3. The summed E-state index contributed by atoms with van der Waals surface area (Å²) in [6, 6.07) is 0. The highest BCUT2D eigenvalue weighted by atomic mass is 16.4. The van der Waals surface area contributed by atoms with Gasteiger partial charge in [-0.05, 0) is 38.5 Å². The van der Waals surface area contributed by atoms with E-state index in [1.165, 1.54) is 116 Å². The quantitative estimate of drug-likeness (QED) is 0.0362. The summed E-state index contributed by atoms with van der Waals surface area (Å²) in [5, 5.41) is 28.4. The third kappa shape index (κ3) is 25.2. The summed E-state index contributed by atoms with van der Waals surface area (Å²) in [7, 11) is 0. The molecular formula is C39H74NO6+. The van der Waals surface area contributed by atoms with Crippen LogP contribution in [0.25, 0.3) is 0 Å². The maximum Gasteiger partial charge on any atom is 0.306 e. The van der Waals surface area contributed by atoms with Crippen LogP contribution >= 0.6 is 0 Å². The molecule has 0 saturated heterocycles. The zero-order chi connectivity index (χ0) is 34.5. The van der Waals surface area contributed by atoms with E-state index in [9.17, 15) is 29.7 Å². The molecule has 3 atom stereocenters. The molecule has 0 aromatic heterocycles. The first kappa shape index (κ1) is 44.1. The number of carboxylic acids is 3. The van der Waals surface area contributed by atoms with Crippen molar-refractivity contribution in [2.75, 3.05) is 26.2 Å². The highest BCUT2D eigenvalue weighted by Crippen LogP contribution is 2.22. The fraction of sp³-hybridized carbons (Fsp3) is 0.872. The normalized spacial score (nSPS) is 15.0. The number of aliphatic carboxylic acids is 3. The van der Waals surface area contributed by atoms with Gasteiger partial charge in [-0.25, -0.2) is 0 Å². The Kier molecular flexibility index (Phi) is 28.1. The molecule has 3 unspecified atom stereocenters. The summed E-state index contributed by atoms with van der Waals surface area (Å²) in [6.07, 6.45) is 32.2. The summed E-state index contributed by atoms with van der Waals surface area (Å²) in [4.78, 5) is 34.6. The van der Waals surface area contributed by atoms with Crippen LogP contribution in [0.2, 0.25) is 0 Å². The van der Waals surface area contributed by atoms with Gasteiger partial charge in [-0.1, -0.05) is 130 Å². The lowest BCUT2D eigenvalue weighted by Gasteiger charge is -2.40. The van der Waals surface area contributed by atoms with E-state index in [1.54, 1.807) is 20.8 Å². The summed E-state index contributed by atoms with van der Waals surface area (Å²) in [5.41, 5.74) is 0. The molecule has 0 aromatic carbocycles. The van der Waals surface area contributed by atoms with E-state index in [2.05, 4.69) is 19.1 Å². The van der Waals surface area contributed by atoms with Crippen LogP contribution < -0.4 is 0 Å². The van der Waals surface area contributed by atoms with Crippen LogP contribution in [0.3, 0.4) is 0 Å². The highest BCUT2D eigenvalue weighted by Gasteiger charge is 2.31.